The number of methoxy groups -OCH3 is 1. The number of halogens is 1. The molecule has 1 aliphatic rings. The monoisotopic (exact) mass is 394 g/mol. The average Bonchev–Trinajstić information content (AvgIpc) is 2.58. The van der Waals surface area contributed by atoms with Gasteiger partial charge in [0.15, 0.2) is 0 Å². The van der Waals surface area contributed by atoms with Gasteiger partial charge in [0.05, 0.1) is 12.5 Å². The van der Waals surface area contributed by atoms with E-state index in [2.05, 4.69) is 0 Å². The molecule has 3 rings (SSSR count). The van der Waals surface area contributed by atoms with Gasteiger partial charge in [-0.05, 0) is 36.2 Å². The van der Waals surface area contributed by atoms with Crippen LogP contribution in [0, 0.1) is 5.41 Å². The van der Waals surface area contributed by atoms with E-state index in [4.69, 9.17) is 22.1 Å². The second-order valence-corrected chi connectivity index (χ2v) is 8.71. The molecule has 1 fully saturated rings. The highest BCUT2D eigenvalue weighted by Gasteiger charge is 2.52. The van der Waals surface area contributed by atoms with E-state index in [1.165, 1.54) is 17.5 Å². The number of hydrogen-bond donors (Lipinski definition) is 1. The van der Waals surface area contributed by atoms with E-state index in [9.17, 15) is 13.2 Å². The van der Waals surface area contributed by atoms with Gasteiger partial charge in [-0.2, -0.15) is 4.31 Å². The average molecular weight is 395 g/mol. The van der Waals surface area contributed by atoms with Crippen LogP contribution in [-0.4, -0.2) is 38.8 Å². The zero-order valence-electron chi connectivity index (χ0n) is 14.2. The molecule has 0 unspecified atom stereocenters. The number of primary amides is 1. The lowest BCUT2D eigenvalue weighted by atomic mass is 9.75. The summed E-state index contributed by atoms with van der Waals surface area (Å²) >= 11 is 5.88. The summed E-state index contributed by atoms with van der Waals surface area (Å²) in [6, 6.07) is 13.5. The molecule has 2 aromatic carbocycles. The lowest BCUT2D eigenvalue weighted by molar-refractivity contribution is -0.134. The number of hydrogen-bond acceptors (Lipinski definition) is 4. The Hall–Kier alpha value is -2.09. The maximum atomic E-state index is 12.9. The van der Waals surface area contributed by atoms with Crippen molar-refractivity contribution in [2.75, 3.05) is 20.2 Å². The maximum absolute atomic E-state index is 12.9. The Morgan fingerprint density at radius 2 is 1.81 bits per heavy atom. The van der Waals surface area contributed by atoms with Crippen molar-refractivity contribution in [3.63, 3.8) is 0 Å². The van der Waals surface area contributed by atoms with E-state index in [1.54, 1.807) is 30.3 Å². The molecule has 6 nitrogen and oxygen atoms in total. The summed E-state index contributed by atoms with van der Waals surface area (Å²) in [7, 11) is -2.35. The first-order valence-corrected chi connectivity index (χ1v) is 9.78. The van der Waals surface area contributed by atoms with Crippen LogP contribution in [0.4, 0.5) is 0 Å². The molecule has 0 aromatic heterocycles. The number of carbonyl (C=O) groups is 1. The first-order chi connectivity index (χ1) is 12.3. The fraction of sp³-hybridized carbons (Fsp3) is 0.278. The van der Waals surface area contributed by atoms with Crippen LogP contribution in [0.1, 0.15) is 5.56 Å². The van der Waals surface area contributed by atoms with Crippen molar-refractivity contribution in [1.82, 2.24) is 4.31 Å². The highest BCUT2D eigenvalue weighted by Crippen LogP contribution is 2.39. The molecule has 0 atom stereocenters. The Morgan fingerprint density at radius 3 is 2.38 bits per heavy atom. The third kappa shape index (κ3) is 3.30. The fourth-order valence-electron chi connectivity index (χ4n) is 3.12. The standard InChI is InChI=1S/C18H19ClN2O4S/c1-25-15-4-2-3-5-16(15)26(23,24)21-11-18(12-21,17(20)22)10-13-6-8-14(19)9-7-13/h2-9H,10-12H2,1H3,(H2,20,22). The summed E-state index contributed by atoms with van der Waals surface area (Å²) in [5.74, 6) is -0.249. The van der Waals surface area contributed by atoms with Gasteiger partial charge in [-0.25, -0.2) is 8.42 Å². The number of sulfonamides is 1. The minimum Gasteiger partial charge on any atom is -0.495 e. The molecule has 26 heavy (non-hydrogen) atoms. The second-order valence-electron chi connectivity index (χ2n) is 6.37. The van der Waals surface area contributed by atoms with Crippen molar-refractivity contribution in [1.29, 1.82) is 0 Å². The molecule has 138 valence electrons. The summed E-state index contributed by atoms with van der Waals surface area (Å²) in [4.78, 5) is 12.1. The minimum absolute atomic E-state index is 0.0331. The zero-order chi connectivity index (χ0) is 18.9. The van der Waals surface area contributed by atoms with Crippen LogP contribution in [0.25, 0.3) is 0 Å². The lowest BCUT2D eigenvalue weighted by Crippen LogP contribution is -2.64. The summed E-state index contributed by atoms with van der Waals surface area (Å²) < 4.78 is 32.2. The Labute approximate surface area is 157 Å². The van der Waals surface area contributed by atoms with Crippen LogP contribution in [-0.2, 0) is 21.2 Å². The molecular formula is C18H19ClN2O4S. The van der Waals surface area contributed by atoms with E-state index >= 15 is 0 Å². The lowest BCUT2D eigenvalue weighted by Gasteiger charge is -2.47. The Bertz CT molecular complexity index is 922. The number of para-hydroxylation sites is 1. The van der Waals surface area contributed by atoms with Gasteiger partial charge in [0.1, 0.15) is 10.6 Å². The fourth-order valence-corrected chi connectivity index (χ4v) is 5.01. The summed E-state index contributed by atoms with van der Waals surface area (Å²) in [5, 5.41) is 0.593. The predicted molar refractivity (Wildman–Crippen MR) is 98.5 cm³/mol. The van der Waals surface area contributed by atoms with E-state index in [-0.39, 0.29) is 23.7 Å². The van der Waals surface area contributed by atoms with Gasteiger partial charge in [-0.15, -0.1) is 0 Å². The van der Waals surface area contributed by atoms with Crippen LogP contribution in [0.2, 0.25) is 5.02 Å². The molecule has 0 aliphatic carbocycles. The molecule has 1 aliphatic heterocycles. The van der Waals surface area contributed by atoms with Crippen LogP contribution < -0.4 is 10.5 Å². The third-order valence-electron chi connectivity index (χ3n) is 4.62. The molecule has 1 amide bonds. The number of amides is 1. The molecule has 0 spiro atoms. The maximum Gasteiger partial charge on any atom is 0.246 e. The number of benzene rings is 2. The quantitative estimate of drug-likeness (QED) is 0.812. The topological polar surface area (TPSA) is 89.7 Å². The van der Waals surface area contributed by atoms with Gasteiger partial charge in [0.2, 0.25) is 15.9 Å². The molecule has 1 heterocycles. The van der Waals surface area contributed by atoms with Crippen LogP contribution >= 0.6 is 11.6 Å². The van der Waals surface area contributed by atoms with Crippen molar-refractivity contribution in [2.24, 2.45) is 11.1 Å². The van der Waals surface area contributed by atoms with Crippen LogP contribution in [0.3, 0.4) is 0 Å². The van der Waals surface area contributed by atoms with E-state index in [1.807, 2.05) is 12.1 Å². The van der Waals surface area contributed by atoms with Crippen molar-refractivity contribution in [3.8, 4) is 5.75 Å². The molecule has 2 N–H and O–H groups in total. The number of rotatable bonds is 6. The van der Waals surface area contributed by atoms with Crippen molar-refractivity contribution >= 4 is 27.5 Å². The molecule has 0 radical (unpaired) electrons. The van der Waals surface area contributed by atoms with E-state index in [0.29, 0.717) is 11.4 Å². The van der Waals surface area contributed by atoms with Gasteiger partial charge in [-0.3, -0.25) is 4.79 Å². The molecule has 1 saturated heterocycles. The Kier molecular flexibility index (Phi) is 4.96. The Morgan fingerprint density at radius 1 is 1.19 bits per heavy atom. The molecular weight excluding hydrogens is 376 g/mol. The van der Waals surface area contributed by atoms with Crippen LogP contribution in [0.15, 0.2) is 53.4 Å². The van der Waals surface area contributed by atoms with E-state index < -0.39 is 21.3 Å². The second kappa shape index (κ2) is 6.90. The highest BCUT2D eigenvalue weighted by atomic mass is 35.5. The smallest absolute Gasteiger partial charge is 0.246 e. The largest absolute Gasteiger partial charge is 0.495 e. The van der Waals surface area contributed by atoms with Crippen molar-refractivity contribution in [2.45, 2.75) is 11.3 Å². The molecule has 8 heteroatoms. The van der Waals surface area contributed by atoms with Gasteiger partial charge in [-0.1, -0.05) is 35.9 Å². The summed E-state index contributed by atoms with van der Waals surface area (Å²) in [6.07, 6.45) is 0.359. The normalized spacial score (nSPS) is 16.7. The van der Waals surface area contributed by atoms with Gasteiger partial charge in [0, 0.05) is 18.1 Å². The predicted octanol–water partition coefficient (Wildman–Crippen LogP) is 2.07. The van der Waals surface area contributed by atoms with Gasteiger partial charge in [0.25, 0.3) is 0 Å². The summed E-state index contributed by atoms with van der Waals surface area (Å²) in [5.41, 5.74) is 5.55. The van der Waals surface area contributed by atoms with Crippen molar-refractivity contribution in [3.05, 3.63) is 59.1 Å². The number of nitrogens with zero attached hydrogens (tertiary/aromatic N) is 1. The first kappa shape index (κ1) is 18.7. The number of carbonyl (C=O) groups excluding carboxylic acids is 1. The third-order valence-corrected chi connectivity index (χ3v) is 6.71. The van der Waals surface area contributed by atoms with Crippen molar-refractivity contribution < 1.29 is 17.9 Å². The first-order valence-electron chi connectivity index (χ1n) is 7.96. The van der Waals surface area contributed by atoms with Crippen LogP contribution in [0.5, 0.6) is 5.75 Å². The Balaban J connectivity index is 1.83. The summed E-state index contributed by atoms with van der Waals surface area (Å²) in [6.45, 7) is 0.0662. The number of ether oxygens (including phenoxy) is 1. The molecule has 0 bridgehead atoms. The highest BCUT2D eigenvalue weighted by molar-refractivity contribution is 7.89. The molecule has 0 saturated carbocycles. The minimum atomic E-state index is -3.77. The van der Waals surface area contributed by atoms with Gasteiger partial charge < -0.3 is 10.5 Å². The molecule has 2 aromatic rings. The van der Waals surface area contributed by atoms with E-state index in [0.717, 1.165) is 5.56 Å². The number of nitrogens with two attached hydrogens (primary N) is 1. The zero-order valence-corrected chi connectivity index (χ0v) is 15.8. The van der Waals surface area contributed by atoms with Gasteiger partial charge >= 0.3 is 0 Å². The SMILES string of the molecule is COc1ccccc1S(=O)(=O)N1CC(Cc2ccc(Cl)cc2)(C(N)=O)C1.